The molecule has 1 atom stereocenters. The van der Waals surface area contributed by atoms with Gasteiger partial charge in [-0.15, -0.1) is 0 Å². The van der Waals surface area contributed by atoms with Crippen LogP contribution in [0.4, 0.5) is 0 Å². The highest BCUT2D eigenvalue weighted by molar-refractivity contribution is 5.75. The van der Waals surface area contributed by atoms with E-state index in [1.807, 2.05) is 0 Å². The number of carboxylic acid groups (broad SMARTS) is 1. The maximum Gasteiger partial charge on any atom is 0.321 e. The van der Waals surface area contributed by atoms with Crippen molar-refractivity contribution in [2.24, 2.45) is 5.73 Å². The van der Waals surface area contributed by atoms with E-state index in [4.69, 9.17) is 15.9 Å². The van der Waals surface area contributed by atoms with Crippen molar-refractivity contribution in [2.75, 3.05) is 0 Å². The lowest BCUT2D eigenvalue weighted by molar-refractivity contribution is -0.140. The summed E-state index contributed by atoms with van der Waals surface area (Å²) in [5.74, 6) is -1.65. The molecule has 1 rings (SSSR count). The second-order valence-corrected chi connectivity index (χ2v) is 4.24. The zero-order chi connectivity index (χ0) is 12.5. The van der Waals surface area contributed by atoms with Gasteiger partial charge in [0.25, 0.3) is 0 Å². The molecule has 0 aliphatic heterocycles. The minimum atomic E-state index is -1.11. The van der Waals surface area contributed by atoms with Gasteiger partial charge in [-0.1, -0.05) is 19.9 Å². The second kappa shape index (κ2) is 4.02. The maximum atomic E-state index is 10.8. The number of carboxylic acids is 1. The lowest BCUT2D eigenvalue weighted by atomic mass is 9.78. The Bertz CT molecular complexity index is 414. The fourth-order valence-corrected chi connectivity index (χ4v) is 1.41. The van der Waals surface area contributed by atoms with Crippen molar-refractivity contribution in [3.8, 4) is 11.5 Å². The number of hydrogen-bond donors (Lipinski definition) is 4. The van der Waals surface area contributed by atoms with E-state index in [1.165, 1.54) is 18.2 Å². The van der Waals surface area contributed by atoms with Crippen molar-refractivity contribution >= 4 is 5.97 Å². The first kappa shape index (κ1) is 12.3. The monoisotopic (exact) mass is 225 g/mol. The topological polar surface area (TPSA) is 104 Å². The average molecular weight is 225 g/mol. The largest absolute Gasteiger partial charge is 0.504 e. The molecule has 0 radical (unpaired) electrons. The molecular weight excluding hydrogens is 210 g/mol. The van der Waals surface area contributed by atoms with Gasteiger partial charge in [-0.3, -0.25) is 4.79 Å². The summed E-state index contributed by atoms with van der Waals surface area (Å²) in [6.07, 6.45) is 0. The van der Waals surface area contributed by atoms with Gasteiger partial charge in [0, 0.05) is 5.41 Å². The molecule has 0 fully saturated rings. The first-order valence-corrected chi connectivity index (χ1v) is 4.77. The Labute approximate surface area is 93.1 Å². The molecule has 0 aliphatic rings. The predicted molar refractivity (Wildman–Crippen MR) is 58.4 cm³/mol. The molecule has 1 aromatic rings. The Morgan fingerprint density at radius 1 is 1.31 bits per heavy atom. The number of aromatic hydroxyl groups is 2. The van der Waals surface area contributed by atoms with Gasteiger partial charge in [-0.2, -0.15) is 0 Å². The van der Waals surface area contributed by atoms with Crippen LogP contribution in [0.5, 0.6) is 11.5 Å². The number of benzene rings is 1. The fourth-order valence-electron chi connectivity index (χ4n) is 1.41. The van der Waals surface area contributed by atoms with Crippen LogP contribution in [0.2, 0.25) is 0 Å². The Morgan fingerprint density at radius 2 is 1.88 bits per heavy atom. The van der Waals surface area contributed by atoms with E-state index in [0.717, 1.165) is 0 Å². The normalized spacial score (nSPS) is 13.4. The number of phenolic OH excluding ortho intramolecular Hbond substituents is 2. The average Bonchev–Trinajstić information content (AvgIpc) is 2.20. The molecule has 1 unspecified atom stereocenters. The van der Waals surface area contributed by atoms with Crippen molar-refractivity contribution < 1.29 is 20.1 Å². The number of rotatable bonds is 3. The van der Waals surface area contributed by atoms with Gasteiger partial charge < -0.3 is 21.1 Å². The molecule has 5 nitrogen and oxygen atoms in total. The van der Waals surface area contributed by atoms with Crippen LogP contribution in [-0.2, 0) is 10.2 Å². The van der Waals surface area contributed by atoms with Crippen molar-refractivity contribution in [1.82, 2.24) is 0 Å². The number of carbonyl (C=O) groups is 1. The third-order valence-electron chi connectivity index (χ3n) is 2.76. The molecule has 0 heterocycles. The van der Waals surface area contributed by atoms with Crippen LogP contribution in [-0.4, -0.2) is 27.3 Å². The molecule has 1 aromatic carbocycles. The Hall–Kier alpha value is -1.75. The van der Waals surface area contributed by atoms with Gasteiger partial charge >= 0.3 is 5.97 Å². The molecule has 0 saturated carbocycles. The summed E-state index contributed by atoms with van der Waals surface area (Å²) < 4.78 is 0. The Kier molecular flexibility index (Phi) is 3.09. The van der Waals surface area contributed by atoms with Gasteiger partial charge in [-0.25, -0.2) is 0 Å². The second-order valence-electron chi connectivity index (χ2n) is 4.24. The van der Waals surface area contributed by atoms with E-state index < -0.39 is 17.4 Å². The molecule has 0 bridgehead atoms. The molecule has 0 aromatic heterocycles. The Morgan fingerprint density at radius 3 is 2.31 bits per heavy atom. The molecule has 0 aliphatic carbocycles. The minimum Gasteiger partial charge on any atom is -0.504 e. The molecule has 88 valence electrons. The SMILES string of the molecule is CC(C)(c1ccc(O)c(O)c1)C(N)C(=O)O. The summed E-state index contributed by atoms with van der Waals surface area (Å²) in [7, 11) is 0. The fraction of sp³-hybridized carbons (Fsp3) is 0.364. The van der Waals surface area contributed by atoms with E-state index in [2.05, 4.69) is 0 Å². The van der Waals surface area contributed by atoms with Crippen molar-refractivity contribution in [1.29, 1.82) is 0 Å². The summed E-state index contributed by atoms with van der Waals surface area (Å²) in [5, 5.41) is 27.4. The van der Waals surface area contributed by atoms with Crippen LogP contribution in [0.15, 0.2) is 18.2 Å². The maximum absolute atomic E-state index is 10.8. The molecule has 0 spiro atoms. The molecule has 16 heavy (non-hydrogen) atoms. The molecular formula is C11H15NO4. The summed E-state index contributed by atoms with van der Waals surface area (Å²) in [6.45, 7) is 3.33. The van der Waals surface area contributed by atoms with Crippen LogP contribution in [0, 0.1) is 0 Å². The summed E-state index contributed by atoms with van der Waals surface area (Å²) in [6, 6.07) is 3.08. The summed E-state index contributed by atoms with van der Waals surface area (Å²) >= 11 is 0. The number of aliphatic carboxylic acids is 1. The highest BCUT2D eigenvalue weighted by atomic mass is 16.4. The minimum absolute atomic E-state index is 0.247. The molecule has 0 saturated heterocycles. The van der Waals surface area contributed by atoms with Gasteiger partial charge in [0.05, 0.1) is 0 Å². The first-order valence-electron chi connectivity index (χ1n) is 4.77. The van der Waals surface area contributed by atoms with E-state index >= 15 is 0 Å². The molecule has 5 heteroatoms. The van der Waals surface area contributed by atoms with Gasteiger partial charge in [0.2, 0.25) is 0 Å². The van der Waals surface area contributed by atoms with Crippen LogP contribution in [0.25, 0.3) is 0 Å². The third-order valence-corrected chi connectivity index (χ3v) is 2.76. The van der Waals surface area contributed by atoms with Crippen LogP contribution >= 0.6 is 0 Å². The molecule has 5 N–H and O–H groups in total. The summed E-state index contributed by atoms with van der Waals surface area (Å²) in [5.41, 5.74) is 5.29. The van der Waals surface area contributed by atoms with E-state index in [9.17, 15) is 9.90 Å². The lowest BCUT2D eigenvalue weighted by Gasteiger charge is -2.29. The Balaban J connectivity index is 3.16. The zero-order valence-electron chi connectivity index (χ0n) is 9.14. The smallest absolute Gasteiger partial charge is 0.321 e. The standard InChI is InChI=1S/C11H15NO4/c1-11(2,9(12)10(15)16)6-3-4-7(13)8(14)5-6/h3-5,9,13-14H,12H2,1-2H3,(H,15,16). The van der Waals surface area contributed by atoms with Crippen LogP contribution in [0.1, 0.15) is 19.4 Å². The zero-order valence-corrected chi connectivity index (χ0v) is 9.14. The van der Waals surface area contributed by atoms with E-state index in [0.29, 0.717) is 5.56 Å². The van der Waals surface area contributed by atoms with Crippen LogP contribution in [0.3, 0.4) is 0 Å². The van der Waals surface area contributed by atoms with Crippen LogP contribution < -0.4 is 5.73 Å². The van der Waals surface area contributed by atoms with Crippen molar-refractivity contribution in [3.05, 3.63) is 23.8 Å². The van der Waals surface area contributed by atoms with Crippen molar-refractivity contribution in [3.63, 3.8) is 0 Å². The predicted octanol–water partition coefficient (Wildman–Crippen LogP) is 0.787. The molecule has 0 amide bonds. The highest BCUT2D eigenvalue weighted by Crippen LogP contribution is 2.33. The van der Waals surface area contributed by atoms with Gasteiger partial charge in [0.1, 0.15) is 6.04 Å². The van der Waals surface area contributed by atoms with Crippen molar-refractivity contribution in [2.45, 2.75) is 25.3 Å². The first-order chi connectivity index (χ1) is 7.26. The van der Waals surface area contributed by atoms with E-state index in [1.54, 1.807) is 13.8 Å². The third kappa shape index (κ3) is 2.09. The summed E-state index contributed by atoms with van der Waals surface area (Å²) in [4.78, 5) is 10.8. The number of nitrogens with two attached hydrogens (primary N) is 1. The lowest BCUT2D eigenvalue weighted by Crippen LogP contribution is -2.46. The quantitative estimate of drug-likeness (QED) is 0.569. The van der Waals surface area contributed by atoms with Gasteiger partial charge in [0.15, 0.2) is 11.5 Å². The number of phenols is 2. The van der Waals surface area contributed by atoms with E-state index in [-0.39, 0.29) is 11.5 Å². The highest BCUT2D eigenvalue weighted by Gasteiger charge is 2.34. The van der Waals surface area contributed by atoms with Gasteiger partial charge in [-0.05, 0) is 17.7 Å². The number of hydrogen-bond acceptors (Lipinski definition) is 4.